The van der Waals surface area contributed by atoms with E-state index in [0.717, 1.165) is 6.07 Å². The molecule has 0 unspecified atom stereocenters. The Labute approximate surface area is 144 Å². The molecule has 2 aromatic rings. The van der Waals surface area contributed by atoms with E-state index in [2.05, 4.69) is 10.5 Å². The maximum Gasteiger partial charge on any atom is 0.318 e. The SMILES string of the molecule is CC.NS(=O)(=O)c1cc(C(=O)N=O)c(NCc2ccco2)cc1Cl. The first-order valence-electron chi connectivity index (χ1n) is 6.83. The molecule has 0 radical (unpaired) electrons. The summed E-state index contributed by atoms with van der Waals surface area (Å²) in [6.07, 6.45) is 1.47. The zero-order valence-electron chi connectivity index (χ0n) is 12.9. The number of sulfonamides is 1. The minimum Gasteiger partial charge on any atom is -0.467 e. The van der Waals surface area contributed by atoms with Gasteiger partial charge in [-0.05, 0) is 24.3 Å². The Morgan fingerprint density at radius 2 is 2.04 bits per heavy atom. The smallest absolute Gasteiger partial charge is 0.318 e. The van der Waals surface area contributed by atoms with Crippen molar-refractivity contribution < 1.29 is 17.6 Å². The van der Waals surface area contributed by atoms with Crippen LogP contribution in [0.3, 0.4) is 0 Å². The molecule has 1 aromatic carbocycles. The molecule has 0 spiro atoms. The van der Waals surface area contributed by atoms with E-state index in [-0.39, 0.29) is 22.8 Å². The van der Waals surface area contributed by atoms with Gasteiger partial charge in [0, 0.05) is 10.9 Å². The number of benzene rings is 1. The van der Waals surface area contributed by atoms with Crippen molar-refractivity contribution in [3.05, 3.63) is 51.8 Å². The fraction of sp³-hybridized carbons (Fsp3) is 0.214. The number of primary sulfonamides is 1. The van der Waals surface area contributed by atoms with Crippen LogP contribution in [0.15, 0.2) is 45.0 Å². The number of nitrogens with zero attached hydrogens (tertiary/aromatic N) is 1. The number of nitrogens with one attached hydrogen (secondary N) is 1. The van der Waals surface area contributed by atoms with Crippen molar-refractivity contribution >= 4 is 33.2 Å². The van der Waals surface area contributed by atoms with E-state index in [1.54, 1.807) is 12.1 Å². The van der Waals surface area contributed by atoms with Crippen molar-refractivity contribution in [1.82, 2.24) is 0 Å². The van der Waals surface area contributed by atoms with Crippen LogP contribution >= 0.6 is 11.6 Å². The molecular formula is C14H16ClN3O5S. The van der Waals surface area contributed by atoms with Gasteiger partial charge in [0.25, 0.3) is 0 Å². The lowest BCUT2D eigenvalue weighted by molar-refractivity contribution is 0.100. The maximum absolute atomic E-state index is 11.6. The highest BCUT2D eigenvalue weighted by atomic mass is 35.5. The summed E-state index contributed by atoms with van der Waals surface area (Å²) >= 11 is 5.85. The monoisotopic (exact) mass is 373 g/mol. The van der Waals surface area contributed by atoms with Crippen molar-refractivity contribution in [2.75, 3.05) is 5.32 Å². The predicted molar refractivity (Wildman–Crippen MR) is 90.3 cm³/mol. The minimum atomic E-state index is -4.15. The molecule has 0 aliphatic rings. The molecule has 1 aromatic heterocycles. The van der Waals surface area contributed by atoms with Gasteiger partial charge in [-0.25, -0.2) is 13.6 Å². The standard InChI is InChI=1S/C12H10ClN3O5S.C2H6/c13-9-5-10(15-6-7-2-1-3-21-7)8(12(17)16-18)4-11(9)22(14,19)20;1-2/h1-5,15H,6H2,(H2,14,19,20);1-2H3. The quantitative estimate of drug-likeness (QED) is 0.773. The van der Waals surface area contributed by atoms with E-state index in [9.17, 15) is 18.1 Å². The highest BCUT2D eigenvalue weighted by Crippen LogP contribution is 2.29. The van der Waals surface area contributed by atoms with Crippen LogP contribution in [0.2, 0.25) is 5.02 Å². The van der Waals surface area contributed by atoms with Gasteiger partial charge in [-0.2, -0.15) is 0 Å². The molecule has 0 aliphatic carbocycles. The number of nitrogens with two attached hydrogens (primary N) is 1. The fourth-order valence-corrected chi connectivity index (χ4v) is 2.84. The zero-order valence-corrected chi connectivity index (χ0v) is 14.5. The van der Waals surface area contributed by atoms with E-state index in [4.69, 9.17) is 21.2 Å². The van der Waals surface area contributed by atoms with Crippen LogP contribution in [-0.4, -0.2) is 14.3 Å². The summed E-state index contributed by atoms with van der Waals surface area (Å²) in [7, 11) is -4.15. The predicted octanol–water partition coefficient (Wildman–Crippen LogP) is 3.13. The summed E-state index contributed by atoms with van der Waals surface area (Å²) in [6, 6.07) is 5.45. The first kappa shape index (κ1) is 19.8. The fourth-order valence-electron chi connectivity index (χ4n) is 1.74. The lowest BCUT2D eigenvalue weighted by Gasteiger charge is -2.11. The molecule has 0 saturated heterocycles. The van der Waals surface area contributed by atoms with E-state index in [1.165, 1.54) is 12.3 Å². The van der Waals surface area contributed by atoms with Crippen molar-refractivity contribution in [3.63, 3.8) is 0 Å². The lowest BCUT2D eigenvalue weighted by atomic mass is 10.1. The molecule has 1 heterocycles. The second-order valence-electron chi connectivity index (χ2n) is 4.20. The van der Waals surface area contributed by atoms with Gasteiger partial charge in [0.2, 0.25) is 10.0 Å². The zero-order chi connectivity index (χ0) is 18.3. The van der Waals surface area contributed by atoms with Crippen LogP contribution in [0.1, 0.15) is 30.0 Å². The summed E-state index contributed by atoms with van der Waals surface area (Å²) in [6.45, 7) is 4.19. The maximum atomic E-state index is 11.6. The van der Waals surface area contributed by atoms with Gasteiger partial charge in [-0.3, -0.25) is 4.79 Å². The Hall–Kier alpha value is -2.23. The van der Waals surface area contributed by atoms with Crippen molar-refractivity contribution in [2.24, 2.45) is 10.3 Å². The van der Waals surface area contributed by atoms with Gasteiger partial charge in [0.05, 0.1) is 23.4 Å². The molecule has 2 rings (SSSR count). The van der Waals surface area contributed by atoms with Crippen LogP contribution < -0.4 is 10.5 Å². The Morgan fingerprint density at radius 1 is 1.38 bits per heavy atom. The van der Waals surface area contributed by atoms with Crippen LogP contribution in [0.4, 0.5) is 5.69 Å². The first-order chi connectivity index (χ1) is 11.3. The number of hydrogen-bond donors (Lipinski definition) is 2. The Bertz CT molecular complexity index is 819. The lowest BCUT2D eigenvalue weighted by Crippen LogP contribution is -2.15. The Morgan fingerprint density at radius 3 is 2.54 bits per heavy atom. The summed E-state index contributed by atoms with van der Waals surface area (Å²) in [4.78, 5) is 21.6. The number of amides is 1. The summed E-state index contributed by atoms with van der Waals surface area (Å²) in [5, 5.41) is 9.92. The summed E-state index contributed by atoms with van der Waals surface area (Å²) < 4.78 is 27.9. The third kappa shape index (κ3) is 4.88. The van der Waals surface area contributed by atoms with Gasteiger partial charge in [0.1, 0.15) is 10.7 Å². The number of carbonyl (C=O) groups excluding carboxylic acids is 1. The molecule has 0 saturated carbocycles. The molecule has 10 heteroatoms. The number of carbonyl (C=O) groups is 1. The van der Waals surface area contributed by atoms with Gasteiger partial charge in [-0.15, -0.1) is 4.91 Å². The van der Waals surface area contributed by atoms with Gasteiger partial charge < -0.3 is 9.73 Å². The Kier molecular flexibility index (Phi) is 7.08. The molecule has 0 aliphatic heterocycles. The second kappa shape index (κ2) is 8.57. The minimum absolute atomic E-state index is 0.137. The number of hydrogen-bond acceptors (Lipinski definition) is 6. The summed E-state index contributed by atoms with van der Waals surface area (Å²) in [5.74, 6) is -0.590. The summed E-state index contributed by atoms with van der Waals surface area (Å²) in [5.41, 5.74) is -0.117. The second-order valence-corrected chi connectivity index (χ2v) is 6.14. The van der Waals surface area contributed by atoms with E-state index >= 15 is 0 Å². The normalized spacial score (nSPS) is 10.5. The molecule has 130 valence electrons. The number of anilines is 1. The average Bonchev–Trinajstić information content (AvgIpc) is 3.06. The number of furan rings is 1. The number of nitroso groups, excluding NO2 is 1. The van der Waals surface area contributed by atoms with Crippen LogP contribution in [-0.2, 0) is 16.6 Å². The van der Waals surface area contributed by atoms with Crippen molar-refractivity contribution in [3.8, 4) is 0 Å². The molecule has 8 nitrogen and oxygen atoms in total. The molecule has 24 heavy (non-hydrogen) atoms. The molecule has 0 bridgehead atoms. The topological polar surface area (TPSA) is 132 Å². The third-order valence-corrected chi connectivity index (χ3v) is 4.10. The molecule has 3 N–H and O–H groups in total. The first-order valence-corrected chi connectivity index (χ1v) is 8.75. The Balaban J connectivity index is 0.00000139. The van der Waals surface area contributed by atoms with Gasteiger partial charge in [0.15, 0.2) is 0 Å². The highest BCUT2D eigenvalue weighted by Gasteiger charge is 2.21. The van der Waals surface area contributed by atoms with Crippen LogP contribution in [0.25, 0.3) is 0 Å². The number of halogens is 1. The van der Waals surface area contributed by atoms with Gasteiger partial charge in [-0.1, -0.05) is 25.4 Å². The number of rotatable bonds is 5. The molecule has 0 fully saturated rings. The van der Waals surface area contributed by atoms with E-state index in [0.29, 0.717) is 5.76 Å². The molecule has 1 amide bonds. The van der Waals surface area contributed by atoms with Crippen molar-refractivity contribution in [2.45, 2.75) is 25.3 Å². The largest absolute Gasteiger partial charge is 0.467 e. The molecule has 0 atom stereocenters. The molecular weight excluding hydrogens is 358 g/mol. The van der Waals surface area contributed by atoms with E-state index in [1.807, 2.05) is 13.8 Å². The van der Waals surface area contributed by atoms with Crippen LogP contribution in [0, 0.1) is 4.91 Å². The van der Waals surface area contributed by atoms with Crippen LogP contribution in [0.5, 0.6) is 0 Å². The third-order valence-electron chi connectivity index (χ3n) is 2.73. The van der Waals surface area contributed by atoms with Gasteiger partial charge >= 0.3 is 5.91 Å². The average molecular weight is 374 g/mol. The van der Waals surface area contributed by atoms with E-state index < -0.39 is 20.8 Å². The highest BCUT2D eigenvalue weighted by molar-refractivity contribution is 7.89. The van der Waals surface area contributed by atoms with Crippen molar-refractivity contribution in [1.29, 1.82) is 0 Å².